The lowest BCUT2D eigenvalue weighted by molar-refractivity contribution is -0.124. The van der Waals surface area contributed by atoms with Gasteiger partial charge in [0.1, 0.15) is 11.6 Å². The zero-order valence-electron chi connectivity index (χ0n) is 11.5. The largest absolute Gasteiger partial charge is 0.463 e. The number of furan rings is 1. The van der Waals surface area contributed by atoms with Crippen molar-refractivity contribution in [3.63, 3.8) is 0 Å². The lowest BCUT2D eigenvalue weighted by Gasteiger charge is -2.14. The molecule has 0 N–H and O–H groups in total. The average molecular weight is 317 g/mol. The summed E-state index contributed by atoms with van der Waals surface area (Å²) in [6.45, 7) is 0.348. The minimum atomic E-state index is -0.303. The van der Waals surface area contributed by atoms with Crippen LogP contribution in [-0.2, 0) is 11.3 Å². The molecule has 0 aliphatic carbocycles. The number of thioether (sulfide) groups is 1. The third kappa shape index (κ3) is 3.43. The van der Waals surface area contributed by atoms with Gasteiger partial charge in [0.25, 0.3) is 0 Å². The summed E-state index contributed by atoms with van der Waals surface area (Å²) in [5, 5.41) is 8.52. The number of hydrogen-bond acceptors (Lipinski definition) is 5. The summed E-state index contributed by atoms with van der Waals surface area (Å²) < 4.78 is 18.0. The molecule has 3 rings (SSSR count). The maximum absolute atomic E-state index is 12.9. The van der Waals surface area contributed by atoms with Gasteiger partial charge in [-0.25, -0.2) is 4.39 Å². The van der Waals surface area contributed by atoms with E-state index in [1.54, 1.807) is 30.5 Å². The number of benzene rings is 1. The van der Waals surface area contributed by atoms with Crippen LogP contribution in [0.4, 0.5) is 4.39 Å². The van der Waals surface area contributed by atoms with Crippen LogP contribution < -0.4 is 0 Å². The molecule has 0 saturated carbocycles. The Hall–Kier alpha value is -2.41. The monoisotopic (exact) mass is 317 g/mol. The van der Waals surface area contributed by atoms with Crippen LogP contribution in [-0.4, -0.2) is 27.9 Å². The molecule has 0 radical (unpaired) electrons. The van der Waals surface area contributed by atoms with Gasteiger partial charge in [-0.1, -0.05) is 23.9 Å². The number of amidine groups is 1. The Morgan fingerprint density at radius 2 is 2.14 bits per heavy atom. The predicted octanol–water partition coefficient (Wildman–Crippen LogP) is 2.88. The topological polar surface area (TPSA) is 58.2 Å². The SMILES string of the molecule is O=C1CS/C(=N/N=C\c2ccco2)N1Cc1ccc(F)cc1. The van der Waals surface area contributed by atoms with Gasteiger partial charge in [-0.15, -0.1) is 5.10 Å². The Kier molecular flexibility index (Phi) is 4.34. The Bertz CT molecular complexity index is 711. The quantitative estimate of drug-likeness (QED) is 0.643. The summed E-state index contributed by atoms with van der Waals surface area (Å²) in [5.41, 5.74) is 0.833. The van der Waals surface area contributed by atoms with Gasteiger partial charge < -0.3 is 4.42 Å². The molecular formula is C15H12FN3O2S. The van der Waals surface area contributed by atoms with E-state index in [1.165, 1.54) is 35.0 Å². The fourth-order valence-corrected chi connectivity index (χ4v) is 2.74. The molecule has 1 aliphatic rings. The van der Waals surface area contributed by atoms with Crippen molar-refractivity contribution in [1.29, 1.82) is 0 Å². The number of amides is 1. The molecule has 0 bridgehead atoms. The molecule has 1 fully saturated rings. The second-order valence-corrected chi connectivity index (χ2v) is 5.48. The van der Waals surface area contributed by atoms with Gasteiger partial charge in [0.2, 0.25) is 5.91 Å². The Balaban J connectivity index is 1.73. The van der Waals surface area contributed by atoms with E-state index in [9.17, 15) is 9.18 Å². The number of carbonyl (C=O) groups excluding carboxylic acids is 1. The van der Waals surface area contributed by atoms with Crippen LogP contribution in [0, 0.1) is 5.82 Å². The van der Waals surface area contributed by atoms with E-state index in [1.807, 2.05) is 0 Å². The van der Waals surface area contributed by atoms with Crippen molar-refractivity contribution >= 4 is 29.1 Å². The molecule has 0 unspecified atom stereocenters. The highest BCUT2D eigenvalue weighted by atomic mass is 32.2. The molecule has 1 saturated heterocycles. The van der Waals surface area contributed by atoms with Crippen LogP contribution >= 0.6 is 11.8 Å². The standard InChI is InChI=1S/C15H12FN3O2S/c16-12-5-3-11(4-6-12)9-19-14(20)10-22-15(19)18-17-8-13-2-1-7-21-13/h1-8H,9-10H2/b17-8-,18-15+. The molecule has 0 atom stereocenters. The van der Waals surface area contributed by atoms with Crippen molar-refractivity contribution in [2.75, 3.05) is 5.75 Å². The number of rotatable bonds is 4. The van der Waals surface area contributed by atoms with Gasteiger partial charge in [0.05, 0.1) is 24.8 Å². The zero-order valence-corrected chi connectivity index (χ0v) is 12.3. The number of carbonyl (C=O) groups is 1. The van der Waals surface area contributed by atoms with Crippen LogP contribution in [0.25, 0.3) is 0 Å². The molecule has 7 heteroatoms. The smallest absolute Gasteiger partial charge is 0.239 e. The van der Waals surface area contributed by atoms with Crippen LogP contribution in [0.15, 0.2) is 57.3 Å². The summed E-state index contributed by atoms with van der Waals surface area (Å²) in [7, 11) is 0. The second kappa shape index (κ2) is 6.57. The van der Waals surface area contributed by atoms with Crippen molar-refractivity contribution in [1.82, 2.24) is 4.90 Å². The first kappa shape index (κ1) is 14.5. The molecule has 2 heterocycles. The highest BCUT2D eigenvalue weighted by molar-refractivity contribution is 8.15. The van der Waals surface area contributed by atoms with Crippen LogP contribution in [0.5, 0.6) is 0 Å². The second-order valence-electron chi connectivity index (χ2n) is 4.54. The minimum Gasteiger partial charge on any atom is -0.463 e. The first-order valence-corrected chi connectivity index (χ1v) is 7.53. The Morgan fingerprint density at radius 3 is 2.86 bits per heavy atom. The number of hydrogen-bond donors (Lipinski definition) is 0. The molecule has 1 amide bonds. The highest BCUT2D eigenvalue weighted by Crippen LogP contribution is 2.22. The third-order valence-electron chi connectivity index (χ3n) is 2.98. The molecular weight excluding hydrogens is 305 g/mol. The Labute approximate surface area is 130 Å². The summed E-state index contributed by atoms with van der Waals surface area (Å²) in [5.74, 6) is 0.573. The van der Waals surface area contributed by atoms with Crippen molar-refractivity contribution in [2.24, 2.45) is 10.2 Å². The molecule has 22 heavy (non-hydrogen) atoms. The van der Waals surface area contributed by atoms with E-state index in [2.05, 4.69) is 10.2 Å². The first-order chi connectivity index (χ1) is 10.7. The lowest BCUT2D eigenvalue weighted by Crippen LogP contribution is -2.28. The van der Waals surface area contributed by atoms with Crippen LogP contribution in [0.1, 0.15) is 11.3 Å². The first-order valence-electron chi connectivity index (χ1n) is 6.54. The van der Waals surface area contributed by atoms with E-state index in [4.69, 9.17) is 4.42 Å². The fraction of sp³-hybridized carbons (Fsp3) is 0.133. The van der Waals surface area contributed by atoms with Gasteiger partial charge in [-0.05, 0) is 29.8 Å². The van der Waals surface area contributed by atoms with E-state index >= 15 is 0 Å². The fourth-order valence-electron chi connectivity index (χ4n) is 1.90. The summed E-state index contributed by atoms with van der Waals surface area (Å²) in [6.07, 6.45) is 3.02. The van der Waals surface area contributed by atoms with Crippen molar-refractivity contribution in [2.45, 2.75) is 6.54 Å². The Morgan fingerprint density at radius 1 is 1.32 bits per heavy atom. The van der Waals surface area contributed by atoms with Gasteiger partial charge in [0.15, 0.2) is 5.17 Å². The molecule has 1 aromatic heterocycles. The normalized spacial score (nSPS) is 17.0. The van der Waals surface area contributed by atoms with Crippen molar-refractivity contribution in [3.05, 3.63) is 59.8 Å². The molecule has 0 spiro atoms. The maximum atomic E-state index is 12.9. The van der Waals surface area contributed by atoms with E-state index in [-0.39, 0.29) is 11.7 Å². The summed E-state index contributed by atoms with van der Waals surface area (Å²) in [6, 6.07) is 9.55. The molecule has 5 nitrogen and oxygen atoms in total. The van der Waals surface area contributed by atoms with Gasteiger partial charge >= 0.3 is 0 Å². The van der Waals surface area contributed by atoms with Gasteiger partial charge in [0, 0.05) is 0 Å². The zero-order chi connectivity index (χ0) is 15.4. The highest BCUT2D eigenvalue weighted by Gasteiger charge is 2.28. The van der Waals surface area contributed by atoms with Crippen molar-refractivity contribution < 1.29 is 13.6 Å². The van der Waals surface area contributed by atoms with Crippen LogP contribution in [0.2, 0.25) is 0 Å². The average Bonchev–Trinajstić information content (AvgIpc) is 3.14. The van der Waals surface area contributed by atoms with Crippen molar-refractivity contribution in [3.8, 4) is 0 Å². The molecule has 1 aromatic carbocycles. The maximum Gasteiger partial charge on any atom is 0.239 e. The molecule has 2 aromatic rings. The van der Waals surface area contributed by atoms with E-state index in [0.29, 0.717) is 23.2 Å². The minimum absolute atomic E-state index is 0.0405. The lowest BCUT2D eigenvalue weighted by atomic mass is 10.2. The third-order valence-corrected chi connectivity index (χ3v) is 3.93. The number of nitrogens with zero attached hydrogens (tertiary/aromatic N) is 3. The summed E-state index contributed by atoms with van der Waals surface area (Å²) in [4.78, 5) is 13.5. The predicted molar refractivity (Wildman–Crippen MR) is 83.1 cm³/mol. The summed E-state index contributed by atoms with van der Waals surface area (Å²) >= 11 is 1.33. The molecule has 1 aliphatic heterocycles. The molecule has 112 valence electrons. The van der Waals surface area contributed by atoms with Gasteiger partial charge in [-0.2, -0.15) is 5.10 Å². The van der Waals surface area contributed by atoms with E-state index in [0.717, 1.165) is 5.56 Å². The van der Waals surface area contributed by atoms with Gasteiger partial charge in [-0.3, -0.25) is 9.69 Å². The number of halogens is 1. The van der Waals surface area contributed by atoms with Crippen LogP contribution in [0.3, 0.4) is 0 Å². The van der Waals surface area contributed by atoms with E-state index < -0.39 is 0 Å².